The van der Waals surface area contributed by atoms with E-state index in [1.807, 2.05) is 27.7 Å². The van der Waals surface area contributed by atoms with Gasteiger partial charge in [-0.25, -0.2) is 13.3 Å². The molecule has 168 valence electrons. The monoisotopic (exact) mass is 474 g/mol. The van der Waals surface area contributed by atoms with Crippen LogP contribution >= 0.6 is 10.7 Å². The van der Waals surface area contributed by atoms with Gasteiger partial charge < -0.3 is 10.1 Å². The maximum Gasteiger partial charge on any atom is 0.256 e. The molecule has 0 aliphatic carbocycles. The standard InChI is InChI=1S/C20H32ClFN4O2SSi/c1-13(2)16-10-15(22)11-17(14(3)4)18(16)23-19-24-20(29(21)27)25-26(19)12-28-8-9-30(5,6)7/h10-11,13-14H,8-9,12H2,1-7H3,(H,23,24,25). The number of nitrogens with zero attached hydrogens (tertiary/aromatic N) is 3. The molecule has 1 N–H and O–H groups in total. The first-order valence-corrected chi connectivity index (χ1v) is 15.8. The van der Waals surface area contributed by atoms with Crippen molar-refractivity contribution >= 4 is 40.4 Å². The summed E-state index contributed by atoms with van der Waals surface area (Å²) in [6.07, 6.45) is 0. The third kappa shape index (κ3) is 6.86. The van der Waals surface area contributed by atoms with Crippen molar-refractivity contribution in [3.8, 4) is 0 Å². The van der Waals surface area contributed by atoms with Gasteiger partial charge in [-0.05, 0) is 51.8 Å². The maximum atomic E-state index is 14.2. The van der Waals surface area contributed by atoms with Crippen LogP contribution in [-0.4, -0.2) is 33.7 Å². The fourth-order valence-electron chi connectivity index (χ4n) is 2.92. The minimum Gasteiger partial charge on any atom is -0.359 e. The summed E-state index contributed by atoms with van der Waals surface area (Å²) in [6, 6.07) is 4.08. The average Bonchev–Trinajstić information content (AvgIpc) is 3.01. The first-order valence-electron chi connectivity index (χ1n) is 10.1. The quantitative estimate of drug-likeness (QED) is 0.260. The zero-order valence-electron chi connectivity index (χ0n) is 18.8. The summed E-state index contributed by atoms with van der Waals surface area (Å²) in [5.41, 5.74) is 2.45. The highest BCUT2D eigenvalue weighted by Crippen LogP contribution is 2.35. The van der Waals surface area contributed by atoms with E-state index >= 15 is 0 Å². The van der Waals surface area contributed by atoms with Gasteiger partial charge in [-0.15, -0.1) is 5.10 Å². The van der Waals surface area contributed by atoms with Crippen molar-refractivity contribution in [1.29, 1.82) is 0 Å². The molecule has 0 amide bonds. The number of halogens is 2. The molecule has 1 unspecified atom stereocenters. The number of rotatable bonds is 10. The van der Waals surface area contributed by atoms with Crippen molar-refractivity contribution in [2.45, 2.75) is 77.1 Å². The van der Waals surface area contributed by atoms with Gasteiger partial charge in [0.2, 0.25) is 5.95 Å². The van der Waals surface area contributed by atoms with Gasteiger partial charge in [-0.2, -0.15) is 4.98 Å². The van der Waals surface area contributed by atoms with Crippen molar-refractivity contribution in [3.05, 3.63) is 29.1 Å². The van der Waals surface area contributed by atoms with Gasteiger partial charge in [0.25, 0.3) is 5.16 Å². The smallest absolute Gasteiger partial charge is 0.256 e. The Kier molecular flexibility index (Phi) is 8.61. The van der Waals surface area contributed by atoms with E-state index in [-0.39, 0.29) is 29.5 Å². The molecular formula is C20H32ClFN4O2SSi. The van der Waals surface area contributed by atoms with Gasteiger partial charge in [0, 0.05) is 20.4 Å². The Morgan fingerprint density at radius 2 is 1.77 bits per heavy atom. The van der Waals surface area contributed by atoms with Crippen LogP contribution in [0.2, 0.25) is 25.7 Å². The summed E-state index contributed by atoms with van der Waals surface area (Å²) in [5, 5.41) is 7.53. The lowest BCUT2D eigenvalue weighted by Crippen LogP contribution is -2.22. The Bertz CT molecular complexity index is 870. The van der Waals surface area contributed by atoms with Crippen molar-refractivity contribution in [2.24, 2.45) is 0 Å². The second-order valence-corrected chi connectivity index (χ2v) is 16.5. The molecule has 10 heteroatoms. The van der Waals surface area contributed by atoms with E-state index in [1.54, 1.807) is 0 Å². The van der Waals surface area contributed by atoms with E-state index in [0.717, 1.165) is 22.9 Å². The van der Waals surface area contributed by atoms with Crippen LogP contribution in [0.3, 0.4) is 0 Å². The molecule has 0 bridgehead atoms. The highest BCUT2D eigenvalue weighted by atomic mass is 35.7. The Morgan fingerprint density at radius 3 is 2.23 bits per heavy atom. The molecule has 1 heterocycles. The summed E-state index contributed by atoms with van der Waals surface area (Å²) in [5.74, 6) is 0.271. The van der Waals surface area contributed by atoms with E-state index in [4.69, 9.17) is 15.4 Å². The topological polar surface area (TPSA) is 69.0 Å². The molecule has 1 atom stereocenters. The highest BCUT2D eigenvalue weighted by Gasteiger charge is 2.21. The lowest BCUT2D eigenvalue weighted by molar-refractivity contribution is 0.0792. The SMILES string of the molecule is CC(C)c1cc(F)cc(C(C)C)c1Nc1nc(S(=O)Cl)nn1COCC[Si](C)(C)C. The average molecular weight is 475 g/mol. The summed E-state index contributed by atoms with van der Waals surface area (Å²) in [6.45, 7) is 15.6. The van der Waals surface area contributed by atoms with Gasteiger partial charge in [0.15, 0.2) is 10.0 Å². The van der Waals surface area contributed by atoms with Crippen LogP contribution in [-0.2, 0) is 21.5 Å². The van der Waals surface area contributed by atoms with E-state index in [0.29, 0.717) is 12.6 Å². The van der Waals surface area contributed by atoms with Crippen LogP contribution in [0.15, 0.2) is 17.3 Å². The minimum absolute atomic E-state index is 0.00673. The van der Waals surface area contributed by atoms with Crippen LogP contribution in [0.5, 0.6) is 0 Å². The minimum atomic E-state index is -1.85. The second kappa shape index (κ2) is 10.3. The third-order valence-corrected chi connectivity index (χ3v) is 7.23. The lowest BCUT2D eigenvalue weighted by atomic mass is 9.92. The highest BCUT2D eigenvalue weighted by molar-refractivity contribution is 8.08. The molecule has 2 aromatic rings. The van der Waals surface area contributed by atoms with Gasteiger partial charge >= 0.3 is 0 Å². The largest absolute Gasteiger partial charge is 0.359 e. The van der Waals surface area contributed by atoms with Gasteiger partial charge in [0.05, 0.1) is 0 Å². The summed E-state index contributed by atoms with van der Waals surface area (Å²) >= 11 is 0. The molecule has 0 spiro atoms. The first-order chi connectivity index (χ1) is 13.9. The second-order valence-electron chi connectivity index (χ2n) is 9.18. The van der Waals surface area contributed by atoms with Gasteiger partial charge in [0.1, 0.15) is 12.5 Å². The van der Waals surface area contributed by atoms with Crippen LogP contribution in [0.1, 0.15) is 50.7 Å². The van der Waals surface area contributed by atoms with Crippen molar-refractivity contribution in [1.82, 2.24) is 14.8 Å². The molecule has 0 aliphatic heterocycles. The van der Waals surface area contributed by atoms with Crippen molar-refractivity contribution in [2.75, 3.05) is 11.9 Å². The molecule has 0 radical (unpaired) electrons. The Balaban J connectivity index is 2.39. The van der Waals surface area contributed by atoms with E-state index in [1.165, 1.54) is 16.8 Å². The first kappa shape index (κ1) is 25.0. The Hall–Kier alpha value is -1.29. The lowest BCUT2D eigenvalue weighted by Gasteiger charge is -2.21. The predicted octanol–water partition coefficient (Wildman–Crippen LogP) is 5.98. The zero-order chi connectivity index (χ0) is 22.6. The number of anilines is 2. The Morgan fingerprint density at radius 1 is 1.20 bits per heavy atom. The molecular weight excluding hydrogens is 443 g/mol. The number of ether oxygens (including phenoxy) is 1. The molecule has 0 aliphatic rings. The zero-order valence-corrected chi connectivity index (χ0v) is 21.3. The molecule has 1 aromatic heterocycles. The fraction of sp³-hybridized carbons (Fsp3) is 0.600. The van der Waals surface area contributed by atoms with Crippen LogP contribution in [0, 0.1) is 5.82 Å². The molecule has 0 saturated carbocycles. The van der Waals surface area contributed by atoms with Crippen LogP contribution in [0.4, 0.5) is 16.0 Å². The molecule has 6 nitrogen and oxygen atoms in total. The van der Waals surface area contributed by atoms with E-state index in [2.05, 4.69) is 35.0 Å². The number of hydrogen-bond donors (Lipinski definition) is 1. The maximum absolute atomic E-state index is 14.2. The number of hydrogen-bond acceptors (Lipinski definition) is 5. The van der Waals surface area contributed by atoms with E-state index < -0.39 is 18.1 Å². The number of benzene rings is 1. The van der Waals surface area contributed by atoms with Crippen LogP contribution < -0.4 is 5.32 Å². The normalized spacial score (nSPS) is 13.3. The van der Waals surface area contributed by atoms with E-state index in [9.17, 15) is 8.60 Å². The van der Waals surface area contributed by atoms with Gasteiger partial charge in [-0.1, -0.05) is 47.3 Å². The number of nitrogens with one attached hydrogen (secondary N) is 1. The summed E-state index contributed by atoms with van der Waals surface area (Å²) < 4.78 is 33.3. The Labute approximate surface area is 186 Å². The fourth-order valence-corrected chi connectivity index (χ4v) is 4.19. The predicted molar refractivity (Wildman–Crippen MR) is 124 cm³/mol. The summed E-state index contributed by atoms with van der Waals surface area (Å²) in [7, 11) is 2.65. The number of aromatic nitrogens is 3. The third-order valence-electron chi connectivity index (χ3n) is 4.65. The molecule has 2 rings (SSSR count). The van der Waals surface area contributed by atoms with Crippen molar-refractivity contribution < 1.29 is 13.3 Å². The summed E-state index contributed by atoms with van der Waals surface area (Å²) in [4.78, 5) is 4.30. The molecule has 0 fully saturated rings. The van der Waals surface area contributed by atoms with Gasteiger partial charge in [-0.3, -0.25) is 0 Å². The van der Waals surface area contributed by atoms with Crippen LogP contribution in [0.25, 0.3) is 0 Å². The molecule has 1 aromatic carbocycles. The van der Waals surface area contributed by atoms with Crippen molar-refractivity contribution in [3.63, 3.8) is 0 Å². The molecule has 30 heavy (non-hydrogen) atoms. The molecule has 0 saturated heterocycles.